The Labute approximate surface area is 142 Å². The van der Waals surface area contributed by atoms with E-state index in [4.69, 9.17) is 4.74 Å². The SMILES string of the molecule is COC(=O)[C@H](Cc1ccccc1)NS(=O)(=O)c1cc(C)ccc1C. The number of benzene rings is 2. The predicted octanol–water partition coefficient (Wildman–Crippen LogP) is 2.37. The first kappa shape index (κ1) is 18.2. The Morgan fingerprint density at radius 3 is 2.42 bits per heavy atom. The Hall–Kier alpha value is -2.18. The van der Waals surface area contributed by atoms with E-state index in [0.717, 1.165) is 11.1 Å². The molecule has 0 fully saturated rings. The van der Waals surface area contributed by atoms with Crippen LogP contribution in [0.2, 0.25) is 0 Å². The van der Waals surface area contributed by atoms with Gasteiger partial charge in [-0.3, -0.25) is 4.79 Å². The molecular formula is C18H21NO4S. The fourth-order valence-electron chi connectivity index (χ4n) is 2.41. The molecule has 128 valence electrons. The molecule has 2 aromatic carbocycles. The van der Waals surface area contributed by atoms with Gasteiger partial charge in [0.2, 0.25) is 10.0 Å². The molecule has 0 unspecified atom stereocenters. The van der Waals surface area contributed by atoms with Crippen LogP contribution < -0.4 is 4.72 Å². The minimum atomic E-state index is -3.84. The third-order valence-corrected chi connectivity index (χ3v) is 5.31. The number of esters is 1. The molecule has 0 saturated carbocycles. The molecule has 0 saturated heterocycles. The molecule has 1 atom stereocenters. The van der Waals surface area contributed by atoms with Gasteiger partial charge in [-0.05, 0) is 43.0 Å². The molecule has 0 aromatic heterocycles. The van der Waals surface area contributed by atoms with Gasteiger partial charge in [0.1, 0.15) is 6.04 Å². The molecular weight excluding hydrogens is 326 g/mol. The first-order chi connectivity index (χ1) is 11.3. The Bertz CT molecular complexity index is 816. The summed E-state index contributed by atoms with van der Waals surface area (Å²) in [5.41, 5.74) is 2.30. The molecule has 5 nitrogen and oxygen atoms in total. The average Bonchev–Trinajstić information content (AvgIpc) is 2.56. The zero-order chi connectivity index (χ0) is 17.7. The number of hydrogen-bond donors (Lipinski definition) is 1. The first-order valence-corrected chi connectivity index (χ1v) is 9.03. The molecule has 2 rings (SSSR count). The highest BCUT2D eigenvalue weighted by molar-refractivity contribution is 7.89. The predicted molar refractivity (Wildman–Crippen MR) is 92.2 cm³/mol. The molecule has 0 aliphatic carbocycles. The maximum Gasteiger partial charge on any atom is 0.324 e. The molecule has 0 aliphatic heterocycles. The minimum Gasteiger partial charge on any atom is -0.468 e. The number of carbonyl (C=O) groups excluding carboxylic acids is 1. The standard InChI is InChI=1S/C18H21NO4S/c1-13-9-10-14(2)17(11-13)24(21,22)19-16(18(20)23-3)12-15-7-5-4-6-8-15/h4-11,16,19H,12H2,1-3H3/t16-/m0/s1. The van der Waals surface area contributed by atoms with Crippen molar-refractivity contribution in [1.82, 2.24) is 4.72 Å². The molecule has 0 bridgehead atoms. The number of carbonyl (C=O) groups is 1. The molecule has 1 N–H and O–H groups in total. The Balaban J connectivity index is 2.31. The highest BCUT2D eigenvalue weighted by Gasteiger charge is 2.27. The van der Waals surface area contributed by atoms with Crippen molar-refractivity contribution in [3.8, 4) is 0 Å². The molecule has 24 heavy (non-hydrogen) atoms. The van der Waals surface area contributed by atoms with E-state index < -0.39 is 22.0 Å². The van der Waals surface area contributed by atoms with Crippen molar-refractivity contribution in [2.24, 2.45) is 0 Å². The lowest BCUT2D eigenvalue weighted by Gasteiger charge is -2.18. The van der Waals surface area contributed by atoms with Crippen molar-refractivity contribution in [3.05, 3.63) is 65.2 Å². The highest BCUT2D eigenvalue weighted by atomic mass is 32.2. The van der Waals surface area contributed by atoms with Crippen LogP contribution in [0.3, 0.4) is 0 Å². The van der Waals surface area contributed by atoms with Crippen molar-refractivity contribution in [2.45, 2.75) is 31.2 Å². The van der Waals surface area contributed by atoms with Crippen LogP contribution in [0.4, 0.5) is 0 Å². The van der Waals surface area contributed by atoms with Gasteiger partial charge in [0.05, 0.1) is 12.0 Å². The number of methoxy groups -OCH3 is 1. The van der Waals surface area contributed by atoms with Crippen LogP contribution in [0.25, 0.3) is 0 Å². The number of nitrogens with one attached hydrogen (secondary N) is 1. The van der Waals surface area contributed by atoms with Crippen LogP contribution in [0, 0.1) is 13.8 Å². The minimum absolute atomic E-state index is 0.171. The van der Waals surface area contributed by atoms with Crippen LogP contribution in [0.5, 0.6) is 0 Å². The fraction of sp³-hybridized carbons (Fsp3) is 0.278. The molecule has 0 spiro atoms. The smallest absolute Gasteiger partial charge is 0.324 e. The Morgan fingerprint density at radius 2 is 1.79 bits per heavy atom. The van der Waals surface area contributed by atoms with E-state index in [0.29, 0.717) is 5.56 Å². The van der Waals surface area contributed by atoms with Gasteiger partial charge in [0.15, 0.2) is 0 Å². The third kappa shape index (κ3) is 4.43. The number of aryl methyl sites for hydroxylation is 2. The lowest BCUT2D eigenvalue weighted by atomic mass is 10.1. The quantitative estimate of drug-likeness (QED) is 0.814. The fourth-order valence-corrected chi connectivity index (χ4v) is 3.93. The lowest BCUT2D eigenvalue weighted by Crippen LogP contribution is -2.43. The van der Waals surface area contributed by atoms with Crippen molar-refractivity contribution in [3.63, 3.8) is 0 Å². The largest absolute Gasteiger partial charge is 0.468 e. The van der Waals surface area contributed by atoms with Crippen LogP contribution in [0.15, 0.2) is 53.4 Å². The molecule has 2 aromatic rings. The van der Waals surface area contributed by atoms with Gasteiger partial charge >= 0.3 is 5.97 Å². The molecule has 0 radical (unpaired) electrons. The van der Waals surface area contributed by atoms with E-state index in [2.05, 4.69) is 4.72 Å². The normalized spacial score (nSPS) is 12.6. The summed E-state index contributed by atoms with van der Waals surface area (Å²) >= 11 is 0. The summed E-state index contributed by atoms with van der Waals surface area (Å²) < 4.78 is 32.6. The monoisotopic (exact) mass is 347 g/mol. The molecule has 0 aliphatic rings. The van der Waals surface area contributed by atoms with Crippen LogP contribution >= 0.6 is 0 Å². The van der Waals surface area contributed by atoms with Gasteiger partial charge in [-0.25, -0.2) is 8.42 Å². The second-order valence-electron chi connectivity index (χ2n) is 5.66. The van der Waals surface area contributed by atoms with Crippen LogP contribution in [0.1, 0.15) is 16.7 Å². The summed E-state index contributed by atoms with van der Waals surface area (Å²) in [6, 6.07) is 13.4. The van der Waals surface area contributed by atoms with Crippen molar-refractivity contribution in [1.29, 1.82) is 0 Å². The van der Waals surface area contributed by atoms with E-state index in [1.165, 1.54) is 7.11 Å². The maximum absolute atomic E-state index is 12.7. The van der Waals surface area contributed by atoms with Crippen LogP contribution in [-0.2, 0) is 26.0 Å². The van der Waals surface area contributed by atoms with Gasteiger partial charge in [0, 0.05) is 0 Å². The van der Waals surface area contributed by atoms with Gasteiger partial charge in [0.25, 0.3) is 0 Å². The zero-order valence-electron chi connectivity index (χ0n) is 13.9. The summed E-state index contributed by atoms with van der Waals surface area (Å²) in [7, 11) is -2.60. The van der Waals surface area contributed by atoms with Crippen molar-refractivity contribution < 1.29 is 17.9 Å². The lowest BCUT2D eigenvalue weighted by molar-refractivity contribution is -0.142. The zero-order valence-corrected chi connectivity index (χ0v) is 14.8. The number of ether oxygens (including phenoxy) is 1. The van der Waals surface area contributed by atoms with Gasteiger partial charge in [-0.15, -0.1) is 0 Å². The summed E-state index contributed by atoms with van der Waals surface area (Å²) in [5, 5.41) is 0. The highest BCUT2D eigenvalue weighted by Crippen LogP contribution is 2.18. The second-order valence-corrected chi connectivity index (χ2v) is 7.34. The van der Waals surface area contributed by atoms with Gasteiger partial charge in [-0.1, -0.05) is 42.5 Å². The van der Waals surface area contributed by atoms with E-state index >= 15 is 0 Å². The van der Waals surface area contributed by atoms with Gasteiger partial charge in [-0.2, -0.15) is 4.72 Å². The molecule has 6 heteroatoms. The maximum atomic E-state index is 12.7. The topological polar surface area (TPSA) is 72.5 Å². The Kier molecular flexibility index (Phi) is 5.75. The number of rotatable bonds is 6. The summed E-state index contributed by atoms with van der Waals surface area (Å²) in [5.74, 6) is -0.618. The summed E-state index contributed by atoms with van der Waals surface area (Å²) in [6.45, 7) is 3.54. The van der Waals surface area contributed by atoms with Crippen LogP contribution in [-0.4, -0.2) is 27.5 Å². The first-order valence-electron chi connectivity index (χ1n) is 7.55. The molecule has 0 heterocycles. The summed E-state index contributed by atoms with van der Waals surface area (Å²) in [4.78, 5) is 12.2. The van der Waals surface area contributed by atoms with E-state index in [-0.39, 0.29) is 11.3 Å². The third-order valence-electron chi connectivity index (χ3n) is 3.70. The Morgan fingerprint density at radius 1 is 1.12 bits per heavy atom. The van der Waals surface area contributed by atoms with E-state index in [1.54, 1.807) is 19.1 Å². The second kappa shape index (κ2) is 7.59. The number of hydrogen-bond acceptors (Lipinski definition) is 4. The van der Waals surface area contributed by atoms with E-state index in [9.17, 15) is 13.2 Å². The summed E-state index contributed by atoms with van der Waals surface area (Å²) in [6.07, 6.45) is 0.220. The van der Waals surface area contributed by atoms with E-state index in [1.807, 2.05) is 43.3 Å². The van der Waals surface area contributed by atoms with Crippen molar-refractivity contribution in [2.75, 3.05) is 7.11 Å². The average molecular weight is 347 g/mol. The molecule has 0 amide bonds. The number of sulfonamides is 1. The van der Waals surface area contributed by atoms with Crippen molar-refractivity contribution >= 4 is 16.0 Å². The van der Waals surface area contributed by atoms with Gasteiger partial charge < -0.3 is 4.74 Å².